The lowest BCUT2D eigenvalue weighted by molar-refractivity contribution is -0.00611. The van der Waals surface area contributed by atoms with Crippen molar-refractivity contribution < 1.29 is 4.74 Å². The van der Waals surface area contributed by atoms with Gasteiger partial charge in [0, 0.05) is 25.7 Å². The molecule has 3 rings (SSSR count). The molecular formula is C14H26N2O. The van der Waals surface area contributed by atoms with E-state index >= 15 is 0 Å². The monoisotopic (exact) mass is 238 g/mol. The van der Waals surface area contributed by atoms with E-state index in [-0.39, 0.29) is 0 Å². The zero-order chi connectivity index (χ0) is 11.5. The van der Waals surface area contributed by atoms with Crippen molar-refractivity contribution in [3.8, 4) is 0 Å². The Morgan fingerprint density at radius 3 is 2.82 bits per heavy atom. The molecule has 0 radical (unpaired) electrons. The largest absolute Gasteiger partial charge is 0.377 e. The van der Waals surface area contributed by atoms with Gasteiger partial charge in [-0.1, -0.05) is 0 Å². The molecule has 3 aliphatic rings. The Balaban J connectivity index is 1.49. The topological polar surface area (TPSA) is 24.5 Å². The van der Waals surface area contributed by atoms with Crippen LogP contribution in [0, 0.1) is 5.92 Å². The van der Waals surface area contributed by atoms with Crippen LogP contribution in [0.1, 0.15) is 38.5 Å². The minimum Gasteiger partial charge on any atom is -0.377 e. The number of hydrogen-bond donors (Lipinski definition) is 1. The average Bonchev–Trinajstić information content (AvgIpc) is 3.16. The Kier molecular flexibility index (Phi) is 3.99. The van der Waals surface area contributed by atoms with Gasteiger partial charge in [0.1, 0.15) is 0 Å². The van der Waals surface area contributed by atoms with E-state index in [9.17, 15) is 0 Å². The van der Waals surface area contributed by atoms with Crippen LogP contribution in [0.3, 0.4) is 0 Å². The quantitative estimate of drug-likeness (QED) is 0.809. The van der Waals surface area contributed by atoms with Crippen LogP contribution in [0.2, 0.25) is 0 Å². The van der Waals surface area contributed by atoms with Crippen LogP contribution in [-0.4, -0.2) is 49.8 Å². The summed E-state index contributed by atoms with van der Waals surface area (Å²) in [5.41, 5.74) is 0. The van der Waals surface area contributed by atoms with E-state index in [4.69, 9.17) is 4.74 Å². The zero-order valence-corrected chi connectivity index (χ0v) is 10.9. The summed E-state index contributed by atoms with van der Waals surface area (Å²) in [5.74, 6) is 0.975. The van der Waals surface area contributed by atoms with Gasteiger partial charge in [0.15, 0.2) is 0 Å². The molecule has 1 aliphatic carbocycles. The van der Waals surface area contributed by atoms with Gasteiger partial charge in [-0.05, 0) is 57.5 Å². The highest BCUT2D eigenvalue weighted by molar-refractivity contribution is 4.90. The molecule has 3 fully saturated rings. The third-order valence-corrected chi connectivity index (χ3v) is 4.44. The van der Waals surface area contributed by atoms with Gasteiger partial charge in [0.2, 0.25) is 0 Å². The van der Waals surface area contributed by atoms with Gasteiger partial charge < -0.3 is 10.1 Å². The molecule has 0 aromatic carbocycles. The minimum atomic E-state index is 0.515. The minimum absolute atomic E-state index is 0.515. The molecule has 0 spiro atoms. The molecule has 2 aliphatic heterocycles. The Morgan fingerprint density at radius 1 is 1.12 bits per heavy atom. The van der Waals surface area contributed by atoms with E-state index in [1.807, 2.05) is 0 Å². The molecule has 98 valence electrons. The van der Waals surface area contributed by atoms with Crippen molar-refractivity contribution in [1.29, 1.82) is 0 Å². The van der Waals surface area contributed by atoms with E-state index < -0.39 is 0 Å². The Bertz CT molecular complexity index is 236. The summed E-state index contributed by atoms with van der Waals surface area (Å²) in [4.78, 5) is 2.65. The summed E-state index contributed by atoms with van der Waals surface area (Å²) < 4.78 is 5.87. The molecule has 2 heterocycles. The first kappa shape index (κ1) is 11.9. The summed E-state index contributed by atoms with van der Waals surface area (Å²) in [6, 6.07) is 0.765. The SMILES string of the molecule is C1CCC(CN2CCCNC(C3CC3)C2)OC1. The predicted molar refractivity (Wildman–Crippen MR) is 69.2 cm³/mol. The van der Waals surface area contributed by atoms with Crippen molar-refractivity contribution >= 4 is 0 Å². The second-order valence-corrected chi connectivity index (χ2v) is 6.00. The molecule has 0 aromatic heterocycles. The molecule has 3 nitrogen and oxygen atoms in total. The molecule has 17 heavy (non-hydrogen) atoms. The van der Waals surface area contributed by atoms with E-state index in [2.05, 4.69) is 10.2 Å². The van der Waals surface area contributed by atoms with Gasteiger partial charge in [0.25, 0.3) is 0 Å². The molecular weight excluding hydrogens is 212 g/mol. The van der Waals surface area contributed by atoms with Crippen LogP contribution in [0.5, 0.6) is 0 Å². The number of nitrogens with zero attached hydrogens (tertiary/aromatic N) is 1. The van der Waals surface area contributed by atoms with Crippen molar-refractivity contribution in [3.05, 3.63) is 0 Å². The van der Waals surface area contributed by atoms with Crippen molar-refractivity contribution in [3.63, 3.8) is 0 Å². The maximum absolute atomic E-state index is 5.87. The molecule has 2 saturated heterocycles. The molecule has 2 atom stereocenters. The van der Waals surface area contributed by atoms with Crippen molar-refractivity contribution in [2.24, 2.45) is 5.92 Å². The lowest BCUT2D eigenvalue weighted by Crippen LogP contribution is -2.43. The van der Waals surface area contributed by atoms with E-state index in [1.165, 1.54) is 64.7 Å². The zero-order valence-electron chi connectivity index (χ0n) is 10.9. The molecule has 1 saturated carbocycles. The fourth-order valence-electron chi connectivity index (χ4n) is 3.24. The lowest BCUT2D eigenvalue weighted by Gasteiger charge is -2.30. The van der Waals surface area contributed by atoms with E-state index in [1.54, 1.807) is 0 Å². The Hall–Kier alpha value is -0.120. The van der Waals surface area contributed by atoms with Crippen LogP contribution in [0.15, 0.2) is 0 Å². The molecule has 1 N–H and O–H groups in total. The second-order valence-electron chi connectivity index (χ2n) is 6.00. The van der Waals surface area contributed by atoms with E-state index in [0.29, 0.717) is 6.10 Å². The fraction of sp³-hybridized carbons (Fsp3) is 1.00. The normalized spacial score (nSPS) is 36.7. The van der Waals surface area contributed by atoms with Crippen LogP contribution in [-0.2, 0) is 4.74 Å². The summed E-state index contributed by atoms with van der Waals surface area (Å²) in [5, 5.41) is 3.73. The van der Waals surface area contributed by atoms with Gasteiger partial charge in [-0.3, -0.25) is 4.90 Å². The first-order chi connectivity index (χ1) is 8.42. The molecule has 2 unspecified atom stereocenters. The predicted octanol–water partition coefficient (Wildman–Crippen LogP) is 1.63. The Morgan fingerprint density at radius 2 is 2.06 bits per heavy atom. The molecule has 0 amide bonds. The van der Waals surface area contributed by atoms with E-state index in [0.717, 1.165) is 18.6 Å². The van der Waals surface area contributed by atoms with Gasteiger partial charge in [-0.2, -0.15) is 0 Å². The van der Waals surface area contributed by atoms with Crippen LogP contribution < -0.4 is 5.32 Å². The number of rotatable bonds is 3. The number of nitrogens with one attached hydrogen (secondary N) is 1. The summed E-state index contributed by atoms with van der Waals surface area (Å²) in [7, 11) is 0. The van der Waals surface area contributed by atoms with Crippen LogP contribution in [0.4, 0.5) is 0 Å². The lowest BCUT2D eigenvalue weighted by atomic mass is 10.1. The first-order valence-corrected chi connectivity index (χ1v) is 7.49. The highest BCUT2D eigenvalue weighted by Crippen LogP contribution is 2.33. The Labute approximate surface area is 105 Å². The van der Waals surface area contributed by atoms with Gasteiger partial charge in [-0.25, -0.2) is 0 Å². The standard InChI is InChI=1S/C14H26N2O/c1-2-9-17-13(4-1)10-16-8-3-7-15-14(11-16)12-5-6-12/h12-15H,1-11H2. The van der Waals surface area contributed by atoms with Crippen molar-refractivity contribution in [2.45, 2.75) is 50.7 Å². The molecule has 3 heteroatoms. The molecule has 0 aromatic rings. The molecule has 0 bridgehead atoms. The van der Waals surface area contributed by atoms with Gasteiger partial charge >= 0.3 is 0 Å². The summed E-state index contributed by atoms with van der Waals surface area (Å²) in [6.07, 6.45) is 8.62. The van der Waals surface area contributed by atoms with Gasteiger partial charge in [0.05, 0.1) is 6.10 Å². The van der Waals surface area contributed by atoms with Crippen LogP contribution >= 0.6 is 0 Å². The first-order valence-electron chi connectivity index (χ1n) is 7.49. The highest BCUT2D eigenvalue weighted by Gasteiger charge is 2.33. The second kappa shape index (κ2) is 5.68. The van der Waals surface area contributed by atoms with Crippen LogP contribution in [0.25, 0.3) is 0 Å². The maximum Gasteiger partial charge on any atom is 0.0702 e. The van der Waals surface area contributed by atoms with Crippen molar-refractivity contribution in [1.82, 2.24) is 10.2 Å². The maximum atomic E-state index is 5.87. The van der Waals surface area contributed by atoms with Crippen molar-refractivity contribution in [2.75, 3.05) is 32.8 Å². The summed E-state index contributed by atoms with van der Waals surface area (Å²) >= 11 is 0. The highest BCUT2D eigenvalue weighted by atomic mass is 16.5. The fourth-order valence-corrected chi connectivity index (χ4v) is 3.24. The number of hydrogen-bond acceptors (Lipinski definition) is 3. The average molecular weight is 238 g/mol. The third-order valence-electron chi connectivity index (χ3n) is 4.44. The third kappa shape index (κ3) is 3.43. The van der Waals surface area contributed by atoms with Gasteiger partial charge in [-0.15, -0.1) is 0 Å². The summed E-state index contributed by atoms with van der Waals surface area (Å²) in [6.45, 7) is 5.89. The smallest absolute Gasteiger partial charge is 0.0702 e. The number of ether oxygens (including phenoxy) is 1.